The molecule has 0 atom stereocenters. The number of aromatic nitrogens is 2. The Morgan fingerprint density at radius 3 is 2.35 bits per heavy atom. The van der Waals surface area contributed by atoms with Crippen molar-refractivity contribution in [1.29, 1.82) is 0 Å². The molecular formula is C21H22N4O5S. The number of nitrogens with zero attached hydrogens (tertiary/aromatic N) is 2. The van der Waals surface area contributed by atoms with Crippen molar-refractivity contribution in [3.05, 3.63) is 76.6 Å². The lowest BCUT2D eigenvalue weighted by Gasteiger charge is -2.09. The number of nitrogens with two attached hydrogens (primary N) is 1. The average Bonchev–Trinajstić information content (AvgIpc) is 2.75. The van der Waals surface area contributed by atoms with Crippen LogP contribution in [0.25, 0.3) is 11.3 Å². The maximum Gasteiger partial charge on any atom is 0.267 e. The van der Waals surface area contributed by atoms with Gasteiger partial charge in [-0.3, -0.25) is 9.59 Å². The second kappa shape index (κ2) is 9.54. The van der Waals surface area contributed by atoms with Crippen LogP contribution in [0.5, 0.6) is 5.75 Å². The first-order valence-electron chi connectivity index (χ1n) is 9.37. The van der Waals surface area contributed by atoms with E-state index < -0.39 is 10.0 Å². The van der Waals surface area contributed by atoms with E-state index >= 15 is 0 Å². The minimum Gasteiger partial charge on any atom is -0.497 e. The van der Waals surface area contributed by atoms with Crippen LogP contribution in [0, 0.1) is 0 Å². The highest BCUT2D eigenvalue weighted by Crippen LogP contribution is 2.19. The first-order valence-corrected chi connectivity index (χ1v) is 10.9. The van der Waals surface area contributed by atoms with Crippen molar-refractivity contribution < 1.29 is 17.9 Å². The number of sulfonamides is 1. The van der Waals surface area contributed by atoms with E-state index in [-0.39, 0.29) is 22.9 Å². The average molecular weight is 442 g/mol. The number of carbonyl (C=O) groups is 1. The van der Waals surface area contributed by atoms with Gasteiger partial charge >= 0.3 is 0 Å². The monoisotopic (exact) mass is 442 g/mol. The first-order chi connectivity index (χ1) is 14.8. The van der Waals surface area contributed by atoms with Crippen LogP contribution in [0.3, 0.4) is 0 Å². The number of carbonyl (C=O) groups excluding carboxylic acids is 1. The fourth-order valence-corrected chi connectivity index (χ4v) is 3.38. The van der Waals surface area contributed by atoms with E-state index in [1.807, 2.05) is 12.1 Å². The molecule has 0 saturated heterocycles. The summed E-state index contributed by atoms with van der Waals surface area (Å²) >= 11 is 0. The summed E-state index contributed by atoms with van der Waals surface area (Å²) in [5.74, 6) is 0.346. The van der Waals surface area contributed by atoms with Crippen LogP contribution in [0.2, 0.25) is 0 Å². The normalized spacial score (nSPS) is 11.2. The summed E-state index contributed by atoms with van der Waals surface area (Å²) in [6.07, 6.45) is 0.491. The zero-order valence-electron chi connectivity index (χ0n) is 16.8. The Morgan fingerprint density at radius 2 is 1.74 bits per heavy atom. The van der Waals surface area contributed by atoms with E-state index in [2.05, 4.69) is 10.4 Å². The lowest BCUT2D eigenvalue weighted by molar-refractivity contribution is -0.121. The molecule has 0 aliphatic carbocycles. The Balaban J connectivity index is 1.59. The Hall–Kier alpha value is -3.50. The molecule has 3 aromatic rings. The Labute approximate surface area is 179 Å². The van der Waals surface area contributed by atoms with Gasteiger partial charge in [0.05, 0.1) is 17.7 Å². The smallest absolute Gasteiger partial charge is 0.267 e. The molecule has 2 aromatic carbocycles. The number of hydrogen-bond donors (Lipinski definition) is 2. The minimum atomic E-state index is -3.73. The number of primary sulfonamides is 1. The molecule has 0 spiro atoms. The number of amides is 1. The summed E-state index contributed by atoms with van der Waals surface area (Å²) in [4.78, 5) is 24.4. The summed E-state index contributed by atoms with van der Waals surface area (Å²) in [5.41, 5.74) is 1.80. The third-order valence-corrected chi connectivity index (χ3v) is 5.46. The van der Waals surface area contributed by atoms with Crippen molar-refractivity contribution in [2.75, 3.05) is 13.7 Å². The van der Waals surface area contributed by atoms with Crippen molar-refractivity contribution in [3.8, 4) is 17.0 Å². The number of hydrogen-bond acceptors (Lipinski definition) is 6. The highest BCUT2D eigenvalue weighted by Gasteiger charge is 2.09. The topological polar surface area (TPSA) is 133 Å². The van der Waals surface area contributed by atoms with Crippen LogP contribution in [-0.2, 0) is 27.8 Å². The summed E-state index contributed by atoms with van der Waals surface area (Å²) in [6, 6.07) is 16.3. The Bertz CT molecular complexity index is 1220. The molecule has 3 N–H and O–H groups in total. The van der Waals surface area contributed by atoms with Gasteiger partial charge in [0.2, 0.25) is 15.9 Å². The second-order valence-corrected chi connectivity index (χ2v) is 8.29. The molecule has 0 aliphatic heterocycles. The molecule has 0 unspecified atom stereocenters. The highest BCUT2D eigenvalue weighted by atomic mass is 32.2. The number of ether oxygens (including phenoxy) is 1. The number of methoxy groups -OCH3 is 1. The zero-order valence-corrected chi connectivity index (χ0v) is 17.6. The lowest BCUT2D eigenvalue weighted by atomic mass is 10.1. The van der Waals surface area contributed by atoms with E-state index in [1.165, 1.54) is 18.2 Å². The van der Waals surface area contributed by atoms with Crippen LogP contribution < -0.4 is 20.8 Å². The molecular weight excluding hydrogens is 420 g/mol. The van der Waals surface area contributed by atoms with Gasteiger partial charge in [-0.1, -0.05) is 12.1 Å². The zero-order chi connectivity index (χ0) is 22.4. The predicted octanol–water partition coefficient (Wildman–Crippen LogP) is 0.925. The van der Waals surface area contributed by atoms with Gasteiger partial charge in [-0.2, -0.15) is 5.10 Å². The maximum absolute atomic E-state index is 12.2. The molecule has 0 bridgehead atoms. The van der Waals surface area contributed by atoms with Gasteiger partial charge in [-0.25, -0.2) is 18.2 Å². The second-order valence-electron chi connectivity index (χ2n) is 6.73. The summed E-state index contributed by atoms with van der Waals surface area (Å²) in [7, 11) is -2.16. The summed E-state index contributed by atoms with van der Waals surface area (Å²) in [5, 5.41) is 12.1. The van der Waals surface area contributed by atoms with E-state index in [0.29, 0.717) is 24.4 Å². The van der Waals surface area contributed by atoms with Gasteiger partial charge in [0.15, 0.2) is 0 Å². The highest BCUT2D eigenvalue weighted by molar-refractivity contribution is 7.89. The van der Waals surface area contributed by atoms with Crippen molar-refractivity contribution in [3.63, 3.8) is 0 Å². The molecule has 9 nitrogen and oxygen atoms in total. The van der Waals surface area contributed by atoms with E-state index in [1.54, 1.807) is 37.4 Å². The number of nitrogens with one attached hydrogen (secondary N) is 1. The quantitative estimate of drug-likeness (QED) is 0.533. The van der Waals surface area contributed by atoms with Crippen LogP contribution in [0.15, 0.2) is 70.4 Å². The van der Waals surface area contributed by atoms with Crippen LogP contribution in [0.4, 0.5) is 0 Å². The molecule has 0 radical (unpaired) electrons. The molecule has 1 aromatic heterocycles. The van der Waals surface area contributed by atoms with Gasteiger partial charge in [0.1, 0.15) is 12.3 Å². The molecule has 0 saturated carbocycles. The Morgan fingerprint density at radius 1 is 1.06 bits per heavy atom. The van der Waals surface area contributed by atoms with Crippen LogP contribution in [0.1, 0.15) is 5.56 Å². The molecule has 0 fully saturated rings. The standard InChI is InChI=1S/C21H22N4O5S/c1-30-17-6-4-16(5-7-17)19-10-11-21(27)25(24-19)14-20(26)23-13-12-15-2-8-18(9-3-15)31(22,28)29/h2-11H,12-14H2,1H3,(H,23,26)(H2,22,28,29). The molecule has 3 rings (SSSR count). The fourth-order valence-electron chi connectivity index (χ4n) is 2.86. The summed E-state index contributed by atoms with van der Waals surface area (Å²) in [6.45, 7) is 0.105. The molecule has 162 valence electrons. The Kier molecular flexibility index (Phi) is 6.83. The third-order valence-electron chi connectivity index (χ3n) is 4.53. The van der Waals surface area contributed by atoms with Gasteiger partial charge in [-0.15, -0.1) is 0 Å². The third kappa shape index (κ3) is 6.00. The van der Waals surface area contributed by atoms with Gasteiger partial charge in [0.25, 0.3) is 5.56 Å². The van der Waals surface area contributed by atoms with Gasteiger partial charge in [-0.05, 0) is 54.4 Å². The summed E-state index contributed by atoms with van der Waals surface area (Å²) < 4.78 is 28.8. The number of benzene rings is 2. The van der Waals surface area contributed by atoms with Crippen LogP contribution >= 0.6 is 0 Å². The van der Waals surface area contributed by atoms with Crippen molar-refractivity contribution >= 4 is 15.9 Å². The molecule has 1 heterocycles. The van der Waals surface area contributed by atoms with Gasteiger partial charge < -0.3 is 10.1 Å². The van der Waals surface area contributed by atoms with E-state index in [4.69, 9.17) is 9.88 Å². The van der Waals surface area contributed by atoms with Crippen LogP contribution in [-0.4, -0.2) is 37.8 Å². The molecule has 10 heteroatoms. The SMILES string of the molecule is COc1ccc(-c2ccc(=O)n(CC(=O)NCCc3ccc(S(N)(=O)=O)cc3)n2)cc1. The van der Waals surface area contributed by atoms with E-state index in [9.17, 15) is 18.0 Å². The van der Waals surface area contributed by atoms with E-state index in [0.717, 1.165) is 15.8 Å². The minimum absolute atomic E-state index is 0.0301. The van der Waals surface area contributed by atoms with Crippen molar-refractivity contribution in [2.24, 2.45) is 5.14 Å². The largest absolute Gasteiger partial charge is 0.497 e. The molecule has 0 aliphatic rings. The maximum atomic E-state index is 12.2. The first kappa shape index (κ1) is 22.2. The molecule has 1 amide bonds. The van der Waals surface area contributed by atoms with Crippen molar-refractivity contribution in [1.82, 2.24) is 15.1 Å². The number of rotatable bonds is 8. The fraction of sp³-hybridized carbons (Fsp3) is 0.190. The molecule has 31 heavy (non-hydrogen) atoms. The van der Waals surface area contributed by atoms with Crippen molar-refractivity contribution in [2.45, 2.75) is 17.9 Å². The predicted molar refractivity (Wildman–Crippen MR) is 115 cm³/mol. The van der Waals surface area contributed by atoms with Gasteiger partial charge in [0, 0.05) is 18.2 Å². The lowest BCUT2D eigenvalue weighted by Crippen LogP contribution is -2.34.